The molecule has 0 amide bonds. The molecule has 0 fully saturated rings. The molecule has 0 saturated heterocycles. The van der Waals surface area contributed by atoms with E-state index in [0.29, 0.717) is 10.7 Å². The van der Waals surface area contributed by atoms with E-state index < -0.39 is 27.4 Å². The Labute approximate surface area is 217 Å². The molecule has 0 saturated carbocycles. The first kappa shape index (κ1) is 25.6. The number of sulfone groups is 1. The molecule has 5 rings (SSSR count). The highest BCUT2D eigenvalue weighted by Crippen LogP contribution is 2.32. The van der Waals surface area contributed by atoms with Crippen LogP contribution in [-0.2, 0) is 23.1 Å². The average molecular weight is 564 g/mol. The quantitative estimate of drug-likeness (QED) is 0.319. The van der Waals surface area contributed by atoms with Gasteiger partial charge in [-0.25, -0.2) is 32.7 Å². The number of alkyl halides is 3. The molecule has 0 radical (unpaired) electrons. The molecular weight excluding hydrogens is 547 g/mol. The Hall–Kier alpha value is -4.04. The van der Waals surface area contributed by atoms with E-state index in [1.54, 1.807) is 24.3 Å². The van der Waals surface area contributed by atoms with Crippen molar-refractivity contribution in [1.82, 2.24) is 33.9 Å². The van der Waals surface area contributed by atoms with Crippen LogP contribution in [0.4, 0.5) is 13.2 Å². The minimum atomic E-state index is -4.69. The van der Waals surface area contributed by atoms with Gasteiger partial charge in [0.1, 0.15) is 17.7 Å². The van der Waals surface area contributed by atoms with Crippen LogP contribution in [0.2, 0.25) is 5.02 Å². The Kier molecular flexibility index (Phi) is 6.10. The predicted molar refractivity (Wildman–Crippen MR) is 132 cm³/mol. The van der Waals surface area contributed by atoms with Gasteiger partial charge in [0, 0.05) is 12.1 Å². The van der Waals surface area contributed by atoms with Crippen molar-refractivity contribution in [3.63, 3.8) is 0 Å². The average Bonchev–Trinajstić information content (AvgIpc) is 3.43. The summed E-state index contributed by atoms with van der Waals surface area (Å²) in [7, 11) is -2.35. The summed E-state index contributed by atoms with van der Waals surface area (Å²) in [5.74, 6) is -0.315. The topological polar surface area (TPSA) is 118 Å². The Balaban J connectivity index is 1.71. The van der Waals surface area contributed by atoms with Crippen LogP contribution < -0.4 is 5.69 Å². The van der Waals surface area contributed by atoms with E-state index in [0.717, 1.165) is 16.9 Å². The standard InChI is InChI=1S/C23H17ClF3N7O3S/c1-3-38(36,37)17-8-9-19(34-22(35)33(12-29-34)14-6-4-13(24)5-7-14)31-20(17)21-30-15-10-18(23(25,26)27)28-11-16(15)32(21)2/h4-12H,3H2,1-2H3. The maximum atomic E-state index is 13.2. The second kappa shape index (κ2) is 9.06. The molecule has 4 heterocycles. The number of hydrogen-bond acceptors (Lipinski definition) is 7. The van der Waals surface area contributed by atoms with E-state index in [-0.39, 0.29) is 39.0 Å². The summed E-state index contributed by atoms with van der Waals surface area (Å²) in [6, 6.07) is 9.80. The first-order valence-electron chi connectivity index (χ1n) is 11.0. The van der Waals surface area contributed by atoms with Crippen molar-refractivity contribution in [2.75, 3.05) is 5.75 Å². The molecule has 196 valence electrons. The molecule has 0 aliphatic heterocycles. The molecule has 10 nitrogen and oxygen atoms in total. The van der Waals surface area contributed by atoms with Gasteiger partial charge in [0.05, 0.1) is 33.6 Å². The Morgan fingerprint density at radius 1 is 1.05 bits per heavy atom. The summed E-state index contributed by atoms with van der Waals surface area (Å²) in [5.41, 5.74) is -1.23. The number of imidazole rings is 1. The molecule has 0 N–H and O–H groups in total. The zero-order chi connectivity index (χ0) is 27.4. The van der Waals surface area contributed by atoms with Crippen molar-refractivity contribution in [3.05, 3.63) is 76.2 Å². The predicted octanol–water partition coefficient (Wildman–Crippen LogP) is 3.83. The van der Waals surface area contributed by atoms with Crippen LogP contribution in [0.5, 0.6) is 0 Å². The summed E-state index contributed by atoms with van der Waals surface area (Å²) in [5, 5.41) is 4.58. The number of hydrogen-bond donors (Lipinski definition) is 0. The lowest BCUT2D eigenvalue weighted by Gasteiger charge is -2.10. The molecule has 0 spiro atoms. The third kappa shape index (κ3) is 4.35. The van der Waals surface area contributed by atoms with E-state index in [9.17, 15) is 26.4 Å². The van der Waals surface area contributed by atoms with Crippen LogP contribution in [0.15, 0.2) is 64.7 Å². The summed E-state index contributed by atoms with van der Waals surface area (Å²) >= 11 is 5.92. The second-order valence-electron chi connectivity index (χ2n) is 8.14. The van der Waals surface area contributed by atoms with E-state index >= 15 is 0 Å². The zero-order valence-corrected chi connectivity index (χ0v) is 21.3. The minimum Gasteiger partial charge on any atom is -0.324 e. The molecule has 15 heteroatoms. The molecule has 38 heavy (non-hydrogen) atoms. The molecule has 0 aliphatic carbocycles. The van der Waals surface area contributed by atoms with Gasteiger partial charge in [-0.05, 0) is 42.5 Å². The monoisotopic (exact) mass is 563 g/mol. The summed E-state index contributed by atoms with van der Waals surface area (Å²) in [6.45, 7) is 1.44. The maximum Gasteiger partial charge on any atom is 0.433 e. The zero-order valence-electron chi connectivity index (χ0n) is 19.7. The first-order valence-corrected chi connectivity index (χ1v) is 13.0. The Morgan fingerprint density at radius 2 is 1.76 bits per heavy atom. The number of aromatic nitrogens is 7. The lowest BCUT2D eigenvalue weighted by molar-refractivity contribution is -0.141. The highest BCUT2D eigenvalue weighted by atomic mass is 35.5. The van der Waals surface area contributed by atoms with Gasteiger partial charge in [0.2, 0.25) is 0 Å². The van der Waals surface area contributed by atoms with Gasteiger partial charge in [-0.3, -0.25) is 0 Å². The van der Waals surface area contributed by atoms with Crippen molar-refractivity contribution < 1.29 is 21.6 Å². The van der Waals surface area contributed by atoms with Gasteiger partial charge < -0.3 is 4.57 Å². The number of aryl methyl sites for hydroxylation is 1. The second-order valence-corrected chi connectivity index (χ2v) is 10.8. The van der Waals surface area contributed by atoms with E-state index in [1.165, 1.54) is 41.6 Å². The number of halogens is 4. The Bertz CT molecular complexity index is 1860. The molecule has 1 aromatic carbocycles. The van der Waals surface area contributed by atoms with Crippen molar-refractivity contribution >= 4 is 32.5 Å². The molecule has 0 bridgehead atoms. The fraction of sp³-hybridized carbons (Fsp3) is 0.174. The third-order valence-corrected chi connectivity index (χ3v) is 7.83. The number of rotatable bonds is 5. The number of pyridine rings is 2. The highest BCUT2D eigenvalue weighted by Gasteiger charge is 2.33. The molecule has 0 aliphatic rings. The number of nitrogens with zero attached hydrogens (tertiary/aromatic N) is 7. The van der Waals surface area contributed by atoms with Crippen molar-refractivity contribution in [1.29, 1.82) is 0 Å². The summed E-state index contributed by atoms with van der Waals surface area (Å²) < 4.78 is 69.0. The molecule has 0 unspecified atom stereocenters. The lowest BCUT2D eigenvalue weighted by Crippen LogP contribution is -2.23. The SMILES string of the molecule is CCS(=O)(=O)c1ccc(-n2ncn(-c3ccc(Cl)cc3)c2=O)nc1-c1nc2cc(C(F)(F)F)ncc2n1C. The van der Waals surface area contributed by atoms with Crippen LogP contribution in [0.25, 0.3) is 34.1 Å². The van der Waals surface area contributed by atoms with Crippen molar-refractivity contribution in [2.24, 2.45) is 7.05 Å². The van der Waals surface area contributed by atoms with Gasteiger partial charge >= 0.3 is 11.9 Å². The van der Waals surface area contributed by atoms with Crippen molar-refractivity contribution in [3.8, 4) is 23.0 Å². The smallest absolute Gasteiger partial charge is 0.324 e. The van der Waals surface area contributed by atoms with Crippen LogP contribution >= 0.6 is 11.6 Å². The first-order chi connectivity index (χ1) is 17.9. The van der Waals surface area contributed by atoms with Crippen LogP contribution in [0, 0.1) is 0 Å². The van der Waals surface area contributed by atoms with Crippen LogP contribution in [0.1, 0.15) is 12.6 Å². The minimum absolute atomic E-state index is 0.0195. The molecule has 4 aromatic heterocycles. The van der Waals surface area contributed by atoms with Gasteiger partial charge in [0.15, 0.2) is 21.5 Å². The molecule has 5 aromatic rings. The number of fused-ring (bicyclic) bond motifs is 1. The highest BCUT2D eigenvalue weighted by molar-refractivity contribution is 7.91. The van der Waals surface area contributed by atoms with E-state index in [4.69, 9.17) is 11.6 Å². The third-order valence-electron chi connectivity index (χ3n) is 5.82. The van der Waals surface area contributed by atoms with E-state index in [1.807, 2.05) is 0 Å². The van der Waals surface area contributed by atoms with Gasteiger partial charge in [0.25, 0.3) is 0 Å². The Morgan fingerprint density at radius 3 is 2.42 bits per heavy atom. The number of benzene rings is 1. The fourth-order valence-electron chi connectivity index (χ4n) is 3.82. The van der Waals surface area contributed by atoms with Gasteiger partial charge in [-0.2, -0.15) is 23.0 Å². The van der Waals surface area contributed by atoms with Gasteiger partial charge in [-0.1, -0.05) is 18.5 Å². The largest absolute Gasteiger partial charge is 0.433 e. The molecule has 0 atom stereocenters. The van der Waals surface area contributed by atoms with E-state index in [2.05, 4.69) is 20.1 Å². The van der Waals surface area contributed by atoms with Crippen molar-refractivity contribution in [2.45, 2.75) is 18.0 Å². The fourth-order valence-corrected chi connectivity index (χ4v) is 4.96. The van der Waals surface area contributed by atoms with Crippen LogP contribution in [-0.4, -0.2) is 48.0 Å². The summed E-state index contributed by atoms with van der Waals surface area (Å²) in [4.78, 5) is 25.0. The maximum absolute atomic E-state index is 13.2. The normalized spacial score (nSPS) is 12.4. The molecular formula is C23H17ClF3N7O3S. The van der Waals surface area contributed by atoms with Gasteiger partial charge in [-0.15, -0.1) is 0 Å². The summed E-state index contributed by atoms with van der Waals surface area (Å²) in [6.07, 6.45) is -2.42. The lowest BCUT2D eigenvalue weighted by atomic mass is 10.3. The van der Waals surface area contributed by atoms with Crippen LogP contribution in [0.3, 0.4) is 0 Å².